The lowest BCUT2D eigenvalue weighted by molar-refractivity contribution is 0.475. The minimum absolute atomic E-state index is 0.334. The summed E-state index contributed by atoms with van der Waals surface area (Å²) in [7, 11) is 0. The molecule has 0 unspecified atom stereocenters. The molecule has 0 saturated heterocycles. The second-order valence-electron chi connectivity index (χ2n) is 2.85. The summed E-state index contributed by atoms with van der Waals surface area (Å²) in [5.41, 5.74) is 2.29. The quantitative estimate of drug-likeness (QED) is 0.708. The summed E-state index contributed by atoms with van der Waals surface area (Å²) in [6.45, 7) is 4.10. The molecule has 0 heterocycles. The first-order valence-corrected chi connectivity index (χ1v) is 4.20. The molecule has 0 aromatic heterocycles. The van der Waals surface area contributed by atoms with Crippen LogP contribution >= 0.6 is 0 Å². The maximum atomic E-state index is 9.14. The maximum Gasteiger partial charge on any atom is 0.115 e. The topological polar surface area (TPSA) is 20.2 Å². The van der Waals surface area contributed by atoms with E-state index in [4.69, 9.17) is 5.11 Å². The molecule has 1 aromatic carbocycles. The third-order valence-electron chi connectivity index (χ3n) is 1.79. The van der Waals surface area contributed by atoms with Gasteiger partial charge in [0.1, 0.15) is 5.75 Å². The van der Waals surface area contributed by atoms with Gasteiger partial charge in [0, 0.05) is 0 Å². The van der Waals surface area contributed by atoms with Crippen LogP contribution in [0.3, 0.4) is 0 Å². The van der Waals surface area contributed by atoms with Gasteiger partial charge in [0.05, 0.1) is 0 Å². The van der Waals surface area contributed by atoms with Gasteiger partial charge in [0.25, 0.3) is 0 Å². The number of allylic oxidation sites excluding steroid dienone is 1. The lowest BCUT2D eigenvalue weighted by atomic mass is 10.1. The van der Waals surface area contributed by atoms with Gasteiger partial charge in [-0.3, -0.25) is 0 Å². The maximum absolute atomic E-state index is 9.14. The van der Waals surface area contributed by atoms with E-state index in [0.29, 0.717) is 5.75 Å². The molecule has 0 aliphatic heterocycles. The van der Waals surface area contributed by atoms with Crippen LogP contribution in [0.1, 0.15) is 24.5 Å². The third-order valence-corrected chi connectivity index (χ3v) is 1.79. The number of phenolic OH excluding ortho intramolecular Hbond substituents is 1. The Morgan fingerprint density at radius 1 is 1.42 bits per heavy atom. The SMILES string of the molecule is CCC=Cc1ccc(O)cc1C. The van der Waals surface area contributed by atoms with E-state index in [1.54, 1.807) is 12.1 Å². The molecule has 12 heavy (non-hydrogen) atoms. The predicted molar refractivity (Wildman–Crippen MR) is 52.2 cm³/mol. The van der Waals surface area contributed by atoms with Crippen molar-refractivity contribution in [2.24, 2.45) is 0 Å². The van der Waals surface area contributed by atoms with Crippen molar-refractivity contribution in [1.82, 2.24) is 0 Å². The van der Waals surface area contributed by atoms with Gasteiger partial charge in [-0.25, -0.2) is 0 Å². The van der Waals surface area contributed by atoms with Gasteiger partial charge in [-0.05, 0) is 36.6 Å². The molecule has 1 rings (SSSR count). The van der Waals surface area contributed by atoms with Crippen molar-refractivity contribution in [1.29, 1.82) is 0 Å². The molecule has 1 heteroatoms. The molecular formula is C11H14O. The van der Waals surface area contributed by atoms with Crippen LogP contribution in [-0.4, -0.2) is 5.11 Å². The average molecular weight is 162 g/mol. The Labute approximate surface area is 73.4 Å². The minimum Gasteiger partial charge on any atom is -0.508 e. The van der Waals surface area contributed by atoms with E-state index in [1.807, 2.05) is 13.0 Å². The molecule has 0 radical (unpaired) electrons. The summed E-state index contributed by atoms with van der Waals surface area (Å²) in [5.74, 6) is 0.334. The van der Waals surface area contributed by atoms with Gasteiger partial charge < -0.3 is 5.11 Å². The van der Waals surface area contributed by atoms with Crippen LogP contribution in [-0.2, 0) is 0 Å². The van der Waals surface area contributed by atoms with E-state index in [1.165, 1.54) is 5.56 Å². The monoisotopic (exact) mass is 162 g/mol. The molecule has 0 fully saturated rings. The van der Waals surface area contributed by atoms with Gasteiger partial charge in [0.2, 0.25) is 0 Å². The number of aromatic hydroxyl groups is 1. The zero-order valence-corrected chi connectivity index (χ0v) is 7.54. The number of benzene rings is 1. The smallest absolute Gasteiger partial charge is 0.115 e. The van der Waals surface area contributed by atoms with Gasteiger partial charge in [-0.15, -0.1) is 0 Å². The molecule has 0 amide bonds. The molecule has 1 nitrogen and oxygen atoms in total. The zero-order valence-electron chi connectivity index (χ0n) is 7.54. The van der Waals surface area contributed by atoms with E-state index in [9.17, 15) is 0 Å². The normalized spacial score (nSPS) is 10.8. The molecule has 0 bridgehead atoms. The second-order valence-corrected chi connectivity index (χ2v) is 2.85. The van der Waals surface area contributed by atoms with Crippen molar-refractivity contribution in [3.05, 3.63) is 35.4 Å². The third kappa shape index (κ3) is 2.12. The highest BCUT2D eigenvalue weighted by Gasteiger charge is 1.94. The lowest BCUT2D eigenvalue weighted by Gasteiger charge is -1.99. The molecular weight excluding hydrogens is 148 g/mol. The van der Waals surface area contributed by atoms with Crippen molar-refractivity contribution in [3.8, 4) is 5.75 Å². The van der Waals surface area contributed by atoms with E-state index in [-0.39, 0.29) is 0 Å². The van der Waals surface area contributed by atoms with Gasteiger partial charge in [-0.1, -0.05) is 25.1 Å². The zero-order chi connectivity index (χ0) is 8.97. The van der Waals surface area contributed by atoms with Crippen LogP contribution in [0.5, 0.6) is 5.75 Å². The number of aryl methyl sites for hydroxylation is 1. The van der Waals surface area contributed by atoms with Crippen LogP contribution in [0.4, 0.5) is 0 Å². The summed E-state index contributed by atoms with van der Waals surface area (Å²) in [4.78, 5) is 0. The van der Waals surface area contributed by atoms with Crippen molar-refractivity contribution in [2.75, 3.05) is 0 Å². The molecule has 0 aliphatic rings. The van der Waals surface area contributed by atoms with Crippen LogP contribution in [0.2, 0.25) is 0 Å². The van der Waals surface area contributed by atoms with Crippen LogP contribution < -0.4 is 0 Å². The first kappa shape index (κ1) is 8.85. The Morgan fingerprint density at radius 2 is 2.17 bits per heavy atom. The fraction of sp³-hybridized carbons (Fsp3) is 0.273. The van der Waals surface area contributed by atoms with Gasteiger partial charge >= 0.3 is 0 Å². The van der Waals surface area contributed by atoms with Crippen molar-refractivity contribution >= 4 is 6.08 Å². The summed E-state index contributed by atoms with van der Waals surface area (Å²) in [6, 6.07) is 5.41. The average Bonchev–Trinajstić information content (AvgIpc) is 2.03. The van der Waals surface area contributed by atoms with Crippen molar-refractivity contribution in [3.63, 3.8) is 0 Å². The molecule has 0 atom stereocenters. The summed E-state index contributed by atoms with van der Waals surface area (Å²) < 4.78 is 0. The molecule has 1 aromatic rings. The fourth-order valence-corrected chi connectivity index (χ4v) is 1.09. The Morgan fingerprint density at radius 3 is 2.75 bits per heavy atom. The predicted octanol–water partition coefficient (Wildman–Crippen LogP) is 3.12. The largest absolute Gasteiger partial charge is 0.508 e. The number of hydrogen-bond acceptors (Lipinski definition) is 1. The van der Waals surface area contributed by atoms with Crippen LogP contribution in [0.25, 0.3) is 6.08 Å². The first-order valence-electron chi connectivity index (χ1n) is 4.20. The first-order chi connectivity index (χ1) is 5.74. The highest BCUT2D eigenvalue weighted by Crippen LogP contribution is 2.16. The summed E-state index contributed by atoms with van der Waals surface area (Å²) >= 11 is 0. The Bertz CT molecular complexity index is 287. The highest BCUT2D eigenvalue weighted by atomic mass is 16.3. The van der Waals surface area contributed by atoms with E-state index >= 15 is 0 Å². The second kappa shape index (κ2) is 3.96. The van der Waals surface area contributed by atoms with Gasteiger partial charge in [0.15, 0.2) is 0 Å². The van der Waals surface area contributed by atoms with E-state index < -0.39 is 0 Å². The van der Waals surface area contributed by atoms with E-state index in [2.05, 4.69) is 19.1 Å². The molecule has 0 spiro atoms. The number of hydrogen-bond donors (Lipinski definition) is 1. The molecule has 0 saturated carbocycles. The number of phenols is 1. The standard InChI is InChI=1S/C11H14O/c1-3-4-5-10-6-7-11(12)8-9(10)2/h4-8,12H,3H2,1-2H3. The van der Waals surface area contributed by atoms with Crippen molar-refractivity contribution in [2.45, 2.75) is 20.3 Å². The summed E-state index contributed by atoms with van der Waals surface area (Å²) in [5, 5.41) is 9.14. The highest BCUT2D eigenvalue weighted by molar-refractivity contribution is 5.54. The van der Waals surface area contributed by atoms with E-state index in [0.717, 1.165) is 12.0 Å². The summed E-state index contributed by atoms with van der Waals surface area (Å²) in [6.07, 6.45) is 5.23. The van der Waals surface area contributed by atoms with Gasteiger partial charge in [-0.2, -0.15) is 0 Å². The molecule has 64 valence electrons. The minimum atomic E-state index is 0.334. The van der Waals surface area contributed by atoms with Crippen LogP contribution in [0.15, 0.2) is 24.3 Å². The molecule has 1 N–H and O–H groups in total. The Kier molecular flexibility index (Phi) is 2.92. The Balaban J connectivity index is 2.94. The van der Waals surface area contributed by atoms with Crippen molar-refractivity contribution < 1.29 is 5.11 Å². The Hall–Kier alpha value is -1.24. The molecule has 0 aliphatic carbocycles. The van der Waals surface area contributed by atoms with Crippen LogP contribution in [0, 0.1) is 6.92 Å². The number of rotatable bonds is 2. The lowest BCUT2D eigenvalue weighted by Crippen LogP contribution is -1.78. The fourth-order valence-electron chi connectivity index (χ4n) is 1.09.